The highest BCUT2D eigenvalue weighted by molar-refractivity contribution is 5.93. The molecule has 1 aliphatic carbocycles. The largest absolute Gasteiger partial charge is 0.338 e. The van der Waals surface area contributed by atoms with Crippen LogP contribution in [0.15, 0.2) is 26.6 Å². The molecule has 9 heteroatoms. The minimum absolute atomic E-state index is 0.0295. The minimum atomic E-state index is -0.592. The van der Waals surface area contributed by atoms with Crippen molar-refractivity contribution < 1.29 is 4.79 Å². The predicted molar refractivity (Wildman–Crippen MR) is 106 cm³/mol. The Balaban J connectivity index is 1.42. The summed E-state index contributed by atoms with van der Waals surface area (Å²) in [6.45, 7) is 1.56. The van der Waals surface area contributed by atoms with Gasteiger partial charge in [-0.2, -0.15) is 5.10 Å². The summed E-state index contributed by atoms with van der Waals surface area (Å²) in [5.41, 5.74) is 0.899. The van der Waals surface area contributed by atoms with Gasteiger partial charge >= 0.3 is 5.69 Å². The maximum atomic E-state index is 12.7. The second kappa shape index (κ2) is 7.81. The molecule has 0 saturated carbocycles. The Morgan fingerprint density at radius 3 is 2.66 bits per heavy atom. The molecule has 0 spiro atoms. The molecule has 3 heterocycles. The number of hydrogen-bond donors (Lipinski definition) is 1. The average molecular weight is 399 g/mol. The maximum Gasteiger partial charge on any atom is 0.328 e. The maximum absolute atomic E-state index is 12.7. The summed E-state index contributed by atoms with van der Waals surface area (Å²) in [5, 5.41) is 4.58. The highest BCUT2D eigenvalue weighted by atomic mass is 16.2. The van der Waals surface area contributed by atoms with Crippen molar-refractivity contribution in [3.05, 3.63) is 60.3 Å². The van der Waals surface area contributed by atoms with E-state index < -0.39 is 11.2 Å². The Kier molecular flexibility index (Phi) is 5.21. The van der Waals surface area contributed by atoms with Crippen LogP contribution in [-0.4, -0.2) is 43.2 Å². The molecule has 1 fully saturated rings. The van der Waals surface area contributed by atoms with E-state index in [9.17, 15) is 19.2 Å². The quantitative estimate of drug-likeness (QED) is 0.785. The zero-order chi connectivity index (χ0) is 20.5. The number of likely N-dealkylation sites (tertiary alicyclic amines) is 1. The molecule has 1 N–H and O–H groups in total. The van der Waals surface area contributed by atoms with Crippen molar-refractivity contribution in [2.24, 2.45) is 13.0 Å². The Labute approximate surface area is 167 Å². The van der Waals surface area contributed by atoms with Crippen molar-refractivity contribution in [2.45, 2.75) is 45.1 Å². The lowest BCUT2D eigenvalue weighted by molar-refractivity contribution is 0.0677. The first kappa shape index (κ1) is 19.4. The number of fused-ring (bicyclic) bond motifs is 1. The number of aromatic nitrogens is 4. The van der Waals surface area contributed by atoms with Gasteiger partial charge in [0.2, 0.25) is 0 Å². The third-order valence-corrected chi connectivity index (χ3v) is 6.02. The van der Waals surface area contributed by atoms with Crippen LogP contribution in [0.1, 0.15) is 47.3 Å². The molecule has 1 aliphatic heterocycles. The number of H-pyrrole nitrogens is 1. The standard InChI is InChI=1S/C20H25N5O4/c1-23-18(27)15(11-21-20(23)29)19(28)24-8-6-13(7-9-24)12-25-17(26)10-14-4-2-3-5-16(14)22-25/h10-11,13H,2-9,12H2,1H3,(H,21,29). The van der Waals surface area contributed by atoms with Gasteiger partial charge in [0.15, 0.2) is 0 Å². The van der Waals surface area contributed by atoms with E-state index in [2.05, 4.69) is 10.1 Å². The Hall–Kier alpha value is -2.97. The number of aryl methyl sites for hydroxylation is 2. The molecule has 1 saturated heterocycles. The van der Waals surface area contributed by atoms with E-state index in [-0.39, 0.29) is 22.9 Å². The summed E-state index contributed by atoms with van der Waals surface area (Å²) in [6, 6.07) is 1.73. The molecule has 2 aliphatic rings. The summed E-state index contributed by atoms with van der Waals surface area (Å²) in [7, 11) is 1.34. The van der Waals surface area contributed by atoms with Gasteiger partial charge in [-0.1, -0.05) is 0 Å². The number of hydrogen-bond acceptors (Lipinski definition) is 5. The van der Waals surface area contributed by atoms with Gasteiger partial charge in [-0.3, -0.25) is 19.0 Å². The SMILES string of the molecule is Cn1c(=O)[nH]cc(C(=O)N2CCC(Cn3nc4c(cc3=O)CCCC4)CC2)c1=O. The van der Waals surface area contributed by atoms with Gasteiger partial charge in [-0.15, -0.1) is 0 Å². The first-order valence-electron chi connectivity index (χ1n) is 10.1. The third kappa shape index (κ3) is 3.81. The van der Waals surface area contributed by atoms with Crippen LogP contribution in [0.5, 0.6) is 0 Å². The number of rotatable bonds is 3. The number of carbonyl (C=O) groups excluding carboxylic acids is 1. The number of nitrogens with one attached hydrogen (secondary N) is 1. The van der Waals surface area contributed by atoms with Crippen LogP contribution in [0.25, 0.3) is 0 Å². The van der Waals surface area contributed by atoms with Gasteiger partial charge in [0.05, 0.1) is 5.69 Å². The third-order valence-electron chi connectivity index (χ3n) is 6.02. The van der Waals surface area contributed by atoms with Crippen LogP contribution in [0, 0.1) is 5.92 Å². The lowest BCUT2D eigenvalue weighted by Gasteiger charge is -2.32. The molecule has 9 nitrogen and oxygen atoms in total. The second-order valence-corrected chi connectivity index (χ2v) is 7.95. The Morgan fingerprint density at radius 2 is 1.90 bits per heavy atom. The van der Waals surface area contributed by atoms with Crippen molar-refractivity contribution in [3.63, 3.8) is 0 Å². The fraction of sp³-hybridized carbons (Fsp3) is 0.550. The van der Waals surface area contributed by atoms with Crippen molar-refractivity contribution in [1.82, 2.24) is 24.2 Å². The average Bonchev–Trinajstić information content (AvgIpc) is 2.73. The van der Waals surface area contributed by atoms with E-state index in [1.165, 1.54) is 13.2 Å². The number of nitrogens with zero attached hydrogens (tertiary/aromatic N) is 4. The number of piperidine rings is 1. The second-order valence-electron chi connectivity index (χ2n) is 7.95. The molecule has 0 bridgehead atoms. The zero-order valence-corrected chi connectivity index (χ0v) is 16.5. The van der Waals surface area contributed by atoms with Crippen molar-refractivity contribution >= 4 is 5.91 Å². The Morgan fingerprint density at radius 1 is 1.17 bits per heavy atom. The fourth-order valence-corrected chi connectivity index (χ4v) is 4.18. The van der Waals surface area contributed by atoms with Gasteiger partial charge < -0.3 is 9.88 Å². The monoisotopic (exact) mass is 399 g/mol. The van der Waals surface area contributed by atoms with E-state index >= 15 is 0 Å². The number of carbonyl (C=O) groups is 1. The summed E-state index contributed by atoms with van der Waals surface area (Å²) in [5.74, 6) is -0.117. The molecule has 2 aromatic heterocycles. The fourth-order valence-electron chi connectivity index (χ4n) is 4.18. The first-order valence-corrected chi connectivity index (χ1v) is 10.1. The molecular formula is C20H25N5O4. The highest BCUT2D eigenvalue weighted by Gasteiger charge is 2.26. The zero-order valence-electron chi connectivity index (χ0n) is 16.5. The summed E-state index contributed by atoms with van der Waals surface area (Å²) in [4.78, 5) is 52.8. The molecule has 0 radical (unpaired) electrons. The van der Waals surface area contributed by atoms with Crippen LogP contribution in [0.3, 0.4) is 0 Å². The normalized spacial score (nSPS) is 17.2. The minimum Gasteiger partial charge on any atom is -0.338 e. The van der Waals surface area contributed by atoms with E-state index in [0.717, 1.165) is 54.3 Å². The van der Waals surface area contributed by atoms with Gasteiger partial charge in [-0.05, 0) is 50.0 Å². The molecule has 2 aromatic rings. The predicted octanol–water partition coefficient (Wildman–Crippen LogP) is 0.0615. The molecule has 0 aromatic carbocycles. The van der Waals surface area contributed by atoms with Gasteiger partial charge in [0.25, 0.3) is 17.0 Å². The summed E-state index contributed by atoms with van der Waals surface area (Å²) in [6.07, 6.45) is 6.75. The molecule has 29 heavy (non-hydrogen) atoms. The van der Waals surface area contributed by atoms with Gasteiger partial charge in [0.1, 0.15) is 5.56 Å². The molecule has 0 unspecified atom stereocenters. The molecule has 4 rings (SSSR count). The van der Waals surface area contributed by atoms with Crippen LogP contribution in [0.2, 0.25) is 0 Å². The van der Waals surface area contributed by atoms with Crippen LogP contribution in [0.4, 0.5) is 0 Å². The lowest BCUT2D eigenvalue weighted by Crippen LogP contribution is -2.44. The van der Waals surface area contributed by atoms with Crippen molar-refractivity contribution in [2.75, 3.05) is 13.1 Å². The highest BCUT2D eigenvalue weighted by Crippen LogP contribution is 2.21. The number of amides is 1. The van der Waals surface area contributed by atoms with E-state index in [1.807, 2.05) is 0 Å². The van der Waals surface area contributed by atoms with Gasteiger partial charge in [-0.25, -0.2) is 9.48 Å². The van der Waals surface area contributed by atoms with Crippen molar-refractivity contribution in [3.8, 4) is 0 Å². The number of aromatic amines is 1. The van der Waals surface area contributed by atoms with Crippen molar-refractivity contribution in [1.29, 1.82) is 0 Å². The smallest absolute Gasteiger partial charge is 0.328 e. The summed E-state index contributed by atoms with van der Waals surface area (Å²) < 4.78 is 2.47. The topological polar surface area (TPSA) is 110 Å². The molecule has 154 valence electrons. The Bertz CT molecular complexity index is 1110. The van der Waals surface area contributed by atoms with Crippen LogP contribution >= 0.6 is 0 Å². The van der Waals surface area contributed by atoms with Crippen LogP contribution in [-0.2, 0) is 26.4 Å². The lowest BCUT2D eigenvalue weighted by atomic mass is 9.95. The molecule has 0 atom stereocenters. The molecular weight excluding hydrogens is 374 g/mol. The van der Waals surface area contributed by atoms with E-state index in [0.29, 0.717) is 19.6 Å². The summed E-state index contributed by atoms with van der Waals surface area (Å²) >= 11 is 0. The van der Waals surface area contributed by atoms with E-state index in [4.69, 9.17) is 0 Å². The molecule has 1 amide bonds. The van der Waals surface area contributed by atoms with Crippen LogP contribution < -0.4 is 16.8 Å². The van der Waals surface area contributed by atoms with E-state index in [1.54, 1.807) is 15.6 Å². The first-order chi connectivity index (χ1) is 13.9. The van der Waals surface area contributed by atoms with Gasteiger partial charge in [0, 0.05) is 38.9 Å².